The van der Waals surface area contributed by atoms with Gasteiger partial charge in [0.2, 0.25) is 0 Å². The molecule has 1 aromatic heterocycles. The Kier molecular flexibility index (Phi) is 5.68. The third-order valence-electron chi connectivity index (χ3n) is 5.30. The van der Waals surface area contributed by atoms with E-state index in [1.807, 2.05) is 32.0 Å². The number of furan rings is 1. The van der Waals surface area contributed by atoms with Gasteiger partial charge >= 0.3 is 6.18 Å². The van der Waals surface area contributed by atoms with Gasteiger partial charge in [-0.25, -0.2) is 0 Å². The summed E-state index contributed by atoms with van der Waals surface area (Å²) >= 11 is 0. The van der Waals surface area contributed by atoms with Gasteiger partial charge in [-0.2, -0.15) is 13.2 Å². The van der Waals surface area contributed by atoms with Crippen LogP contribution in [0.4, 0.5) is 13.2 Å². The number of hydrogen-bond acceptors (Lipinski definition) is 3. The molecule has 0 bridgehead atoms. The summed E-state index contributed by atoms with van der Waals surface area (Å²) in [5.74, 6) is 0.843. The van der Waals surface area contributed by atoms with Crippen molar-refractivity contribution in [3.63, 3.8) is 0 Å². The first kappa shape index (κ1) is 20.0. The van der Waals surface area contributed by atoms with Gasteiger partial charge in [-0.3, -0.25) is 0 Å². The van der Waals surface area contributed by atoms with Crippen LogP contribution < -0.4 is 5.32 Å². The maximum absolute atomic E-state index is 13.2. The number of alkyl halides is 3. The summed E-state index contributed by atoms with van der Waals surface area (Å²) < 4.78 is 50.8. The highest BCUT2D eigenvalue weighted by Crippen LogP contribution is 2.45. The van der Waals surface area contributed by atoms with Gasteiger partial charge in [-0.15, -0.1) is 0 Å². The monoisotopic (exact) mass is 381 g/mol. The standard InChI is InChI=1S/C21H26F3NO2/c1-19(2)15-20(9-12-27-19,8-10-25-14-18-7-4-11-26-18)16-5-3-6-17(13-16)21(22,23)24/h3-7,11,13,25H,8-10,12,14-15H2,1-2H3. The average molecular weight is 381 g/mol. The van der Waals surface area contributed by atoms with E-state index in [1.54, 1.807) is 6.26 Å². The topological polar surface area (TPSA) is 34.4 Å². The number of rotatable bonds is 6. The van der Waals surface area contributed by atoms with Crippen LogP contribution in [0, 0.1) is 0 Å². The van der Waals surface area contributed by atoms with Crippen LogP contribution in [-0.4, -0.2) is 18.8 Å². The lowest BCUT2D eigenvalue weighted by Crippen LogP contribution is -2.45. The molecule has 1 aliphatic rings. The Hall–Kier alpha value is -1.79. The summed E-state index contributed by atoms with van der Waals surface area (Å²) in [6.45, 7) is 5.84. The summed E-state index contributed by atoms with van der Waals surface area (Å²) in [4.78, 5) is 0. The lowest BCUT2D eigenvalue weighted by Gasteiger charge is -2.45. The molecule has 2 aromatic rings. The lowest BCUT2D eigenvalue weighted by molar-refractivity contribution is -0.137. The molecule has 0 spiro atoms. The maximum atomic E-state index is 13.2. The van der Waals surface area contributed by atoms with Crippen molar-refractivity contribution in [1.82, 2.24) is 5.32 Å². The molecule has 2 heterocycles. The minimum absolute atomic E-state index is 0.348. The summed E-state index contributed by atoms with van der Waals surface area (Å²) in [6.07, 6.45) is -0.580. The van der Waals surface area contributed by atoms with Gasteiger partial charge in [-0.1, -0.05) is 18.2 Å². The molecule has 27 heavy (non-hydrogen) atoms. The first-order chi connectivity index (χ1) is 12.7. The number of ether oxygens (including phenoxy) is 1. The Labute approximate surface area is 157 Å². The van der Waals surface area contributed by atoms with E-state index in [0.29, 0.717) is 32.5 Å². The Morgan fingerprint density at radius 1 is 1.15 bits per heavy atom. The third kappa shape index (κ3) is 4.93. The lowest BCUT2D eigenvalue weighted by atomic mass is 9.67. The van der Waals surface area contributed by atoms with Gasteiger partial charge in [-0.05, 0) is 63.4 Å². The van der Waals surface area contributed by atoms with E-state index in [4.69, 9.17) is 9.15 Å². The van der Waals surface area contributed by atoms with Crippen LogP contribution in [0.2, 0.25) is 0 Å². The minimum Gasteiger partial charge on any atom is -0.468 e. The zero-order valence-corrected chi connectivity index (χ0v) is 15.7. The van der Waals surface area contributed by atoms with Crippen molar-refractivity contribution >= 4 is 0 Å². The highest BCUT2D eigenvalue weighted by atomic mass is 19.4. The van der Waals surface area contributed by atoms with Gasteiger partial charge in [0.25, 0.3) is 0 Å². The van der Waals surface area contributed by atoms with Crippen LogP contribution in [0.1, 0.15) is 50.0 Å². The fourth-order valence-electron chi connectivity index (χ4n) is 4.06. The molecule has 1 N–H and O–H groups in total. The number of nitrogens with one attached hydrogen (secondary N) is 1. The van der Waals surface area contributed by atoms with Crippen LogP contribution >= 0.6 is 0 Å². The van der Waals surface area contributed by atoms with E-state index < -0.39 is 11.7 Å². The molecule has 0 aliphatic carbocycles. The SMILES string of the molecule is CC1(C)CC(CCNCc2ccco2)(c2cccc(C(F)(F)F)c2)CCO1. The molecule has 1 saturated heterocycles. The van der Waals surface area contributed by atoms with E-state index in [9.17, 15) is 13.2 Å². The Bertz CT molecular complexity index is 740. The van der Waals surface area contributed by atoms with E-state index in [-0.39, 0.29) is 11.0 Å². The van der Waals surface area contributed by atoms with Crippen molar-refractivity contribution in [3.8, 4) is 0 Å². The van der Waals surface area contributed by atoms with Crippen LogP contribution in [0.3, 0.4) is 0 Å². The number of benzene rings is 1. The fraction of sp³-hybridized carbons (Fsp3) is 0.524. The maximum Gasteiger partial charge on any atom is 0.416 e. The predicted octanol–water partition coefficient (Wildman–Crippen LogP) is 5.31. The molecule has 1 aromatic carbocycles. The highest BCUT2D eigenvalue weighted by Gasteiger charge is 2.42. The van der Waals surface area contributed by atoms with Gasteiger partial charge in [0.05, 0.1) is 24.0 Å². The van der Waals surface area contributed by atoms with Crippen molar-refractivity contribution in [2.45, 2.75) is 56.8 Å². The van der Waals surface area contributed by atoms with Gasteiger partial charge in [0.15, 0.2) is 0 Å². The van der Waals surface area contributed by atoms with Gasteiger partial charge in [0.1, 0.15) is 5.76 Å². The third-order valence-corrected chi connectivity index (χ3v) is 5.30. The van der Waals surface area contributed by atoms with Crippen molar-refractivity contribution in [3.05, 3.63) is 59.5 Å². The molecule has 1 fully saturated rings. The Morgan fingerprint density at radius 2 is 1.96 bits per heavy atom. The molecule has 0 radical (unpaired) electrons. The second-order valence-corrected chi connectivity index (χ2v) is 7.90. The minimum atomic E-state index is -4.34. The van der Waals surface area contributed by atoms with E-state index in [1.165, 1.54) is 12.1 Å². The Balaban J connectivity index is 1.80. The van der Waals surface area contributed by atoms with Crippen LogP contribution in [-0.2, 0) is 22.9 Å². The molecule has 0 amide bonds. The van der Waals surface area contributed by atoms with E-state index in [0.717, 1.165) is 23.8 Å². The molecule has 1 atom stereocenters. The summed E-state index contributed by atoms with van der Waals surface area (Å²) in [6, 6.07) is 9.52. The fourth-order valence-corrected chi connectivity index (χ4v) is 4.06. The first-order valence-electron chi connectivity index (χ1n) is 9.25. The van der Waals surface area contributed by atoms with Gasteiger partial charge in [0, 0.05) is 12.0 Å². The molecule has 1 unspecified atom stereocenters. The second kappa shape index (κ2) is 7.68. The largest absolute Gasteiger partial charge is 0.468 e. The molecule has 3 nitrogen and oxygen atoms in total. The normalized spacial score (nSPS) is 22.7. The molecule has 148 valence electrons. The smallest absolute Gasteiger partial charge is 0.416 e. The van der Waals surface area contributed by atoms with Gasteiger partial charge < -0.3 is 14.5 Å². The van der Waals surface area contributed by atoms with Crippen molar-refractivity contribution in [1.29, 1.82) is 0 Å². The zero-order valence-electron chi connectivity index (χ0n) is 15.7. The summed E-state index contributed by atoms with van der Waals surface area (Å²) in [5, 5.41) is 3.35. The molecular formula is C21H26F3NO2. The zero-order chi connectivity index (χ0) is 19.5. The highest BCUT2D eigenvalue weighted by molar-refractivity contribution is 5.33. The molecular weight excluding hydrogens is 355 g/mol. The van der Waals surface area contributed by atoms with Crippen molar-refractivity contribution < 1.29 is 22.3 Å². The van der Waals surface area contributed by atoms with Crippen molar-refractivity contribution in [2.75, 3.05) is 13.2 Å². The average Bonchev–Trinajstić information content (AvgIpc) is 3.11. The number of hydrogen-bond donors (Lipinski definition) is 1. The molecule has 1 aliphatic heterocycles. The van der Waals surface area contributed by atoms with E-state index >= 15 is 0 Å². The molecule has 6 heteroatoms. The predicted molar refractivity (Wildman–Crippen MR) is 97.4 cm³/mol. The van der Waals surface area contributed by atoms with Crippen LogP contribution in [0.5, 0.6) is 0 Å². The molecule has 0 saturated carbocycles. The first-order valence-corrected chi connectivity index (χ1v) is 9.25. The Morgan fingerprint density at radius 3 is 2.63 bits per heavy atom. The van der Waals surface area contributed by atoms with Crippen LogP contribution in [0.15, 0.2) is 47.1 Å². The summed E-state index contributed by atoms with van der Waals surface area (Å²) in [5.41, 5.74) is -0.562. The second-order valence-electron chi connectivity index (χ2n) is 7.90. The van der Waals surface area contributed by atoms with Crippen LogP contribution in [0.25, 0.3) is 0 Å². The van der Waals surface area contributed by atoms with Crippen molar-refractivity contribution in [2.24, 2.45) is 0 Å². The number of halogens is 3. The van der Waals surface area contributed by atoms with E-state index in [2.05, 4.69) is 5.32 Å². The summed E-state index contributed by atoms with van der Waals surface area (Å²) in [7, 11) is 0. The molecule has 3 rings (SSSR count). The quantitative estimate of drug-likeness (QED) is 0.689.